The van der Waals surface area contributed by atoms with Gasteiger partial charge in [-0.1, -0.05) is 6.92 Å². The van der Waals surface area contributed by atoms with Crippen molar-refractivity contribution in [3.05, 3.63) is 10.7 Å². The molecule has 0 aromatic rings. The molecular formula is C10H16N2OS. The molecular weight excluding hydrogens is 196 g/mol. The molecule has 0 saturated carbocycles. The van der Waals surface area contributed by atoms with Crippen molar-refractivity contribution in [2.75, 3.05) is 7.05 Å². The summed E-state index contributed by atoms with van der Waals surface area (Å²) >= 11 is 1.85. The molecule has 1 amide bonds. The number of thioether (sulfide) groups is 1. The second-order valence-corrected chi connectivity index (χ2v) is 5.45. The lowest BCUT2D eigenvalue weighted by Gasteiger charge is -2.21. The molecule has 0 aromatic carbocycles. The zero-order chi connectivity index (χ0) is 10.3. The highest BCUT2D eigenvalue weighted by Gasteiger charge is 2.31. The predicted molar refractivity (Wildman–Crippen MR) is 58.4 cm³/mol. The molecule has 3 nitrogen and oxygen atoms in total. The molecule has 0 aromatic heterocycles. The third-order valence-corrected chi connectivity index (χ3v) is 3.97. The zero-order valence-corrected chi connectivity index (χ0v) is 9.65. The van der Waals surface area contributed by atoms with Crippen molar-refractivity contribution in [2.45, 2.75) is 32.1 Å². The average Bonchev–Trinajstić information content (AvgIpc) is 2.49. The van der Waals surface area contributed by atoms with Crippen molar-refractivity contribution in [1.82, 2.24) is 10.2 Å². The van der Waals surface area contributed by atoms with E-state index in [-0.39, 0.29) is 11.8 Å². The highest BCUT2D eigenvalue weighted by Crippen LogP contribution is 2.37. The van der Waals surface area contributed by atoms with Gasteiger partial charge in [0.1, 0.15) is 5.82 Å². The van der Waals surface area contributed by atoms with Gasteiger partial charge in [-0.05, 0) is 19.8 Å². The van der Waals surface area contributed by atoms with Gasteiger partial charge in [-0.15, -0.1) is 11.8 Å². The van der Waals surface area contributed by atoms with Crippen LogP contribution in [0.5, 0.6) is 0 Å². The molecule has 4 heteroatoms. The minimum Gasteiger partial charge on any atom is -0.359 e. The van der Waals surface area contributed by atoms with E-state index in [0.29, 0.717) is 5.37 Å². The van der Waals surface area contributed by atoms with E-state index >= 15 is 0 Å². The summed E-state index contributed by atoms with van der Waals surface area (Å²) in [5.74, 6) is 1.43. The Morgan fingerprint density at radius 3 is 2.93 bits per heavy atom. The van der Waals surface area contributed by atoms with Crippen molar-refractivity contribution in [3.8, 4) is 0 Å². The van der Waals surface area contributed by atoms with E-state index in [0.717, 1.165) is 18.7 Å². The summed E-state index contributed by atoms with van der Waals surface area (Å²) in [6, 6.07) is 0. The summed E-state index contributed by atoms with van der Waals surface area (Å²) in [6.07, 6.45) is 2.01. The lowest BCUT2D eigenvalue weighted by Crippen LogP contribution is -2.35. The van der Waals surface area contributed by atoms with E-state index in [4.69, 9.17) is 0 Å². The SMILES string of the molecule is CC1NC2=C(CCC(C)C(=O)N2C)S1. The lowest BCUT2D eigenvalue weighted by molar-refractivity contribution is -0.131. The van der Waals surface area contributed by atoms with Gasteiger partial charge >= 0.3 is 0 Å². The second-order valence-electron chi connectivity index (χ2n) is 4.01. The number of amides is 1. The van der Waals surface area contributed by atoms with Crippen LogP contribution >= 0.6 is 11.8 Å². The molecule has 78 valence electrons. The van der Waals surface area contributed by atoms with Crippen molar-refractivity contribution in [3.63, 3.8) is 0 Å². The smallest absolute Gasteiger partial charge is 0.230 e. The van der Waals surface area contributed by atoms with E-state index in [9.17, 15) is 4.79 Å². The maximum atomic E-state index is 11.8. The van der Waals surface area contributed by atoms with Gasteiger partial charge in [0.2, 0.25) is 5.91 Å². The molecule has 14 heavy (non-hydrogen) atoms. The Morgan fingerprint density at radius 2 is 2.21 bits per heavy atom. The summed E-state index contributed by atoms with van der Waals surface area (Å²) < 4.78 is 0. The Kier molecular flexibility index (Phi) is 2.47. The Bertz CT molecular complexity index is 300. The van der Waals surface area contributed by atoms with Gasteiger partial charge in [0.05, 0.1) is 5.37 Å². The topological polar surface area (TPSA) is 32.3 Å². The first-order valence-corrected chi connectivity index (χ1v) is 5.91. The van der Waals surface area contributed by atoms with E-state index in [1.807, 2.05) is 25.7 Å². The molecule has 0 saturated heterocycles. The number of hydrogen-bond acceptors (Lipinski definition) is 3. The van der Waals surface area contributed by atoms with Crippen molar-refractivity contribution in [2.24, 2.45) is 5.92 Å². The van der Waals surface area contributed by atoms with Gasteiger partial charge in [-0.25, -0.2) is 0 Å². The summed E-state index contributed by atoms with van der Waals surface area (Å²) in [7, 11) is 1.87. The largest absolute Gasteiger partial charge is 0.359 e. The van der Waals surface area contributed by atoms with Crippen LogP contribution in [0, 0.1) is 5.92 Å². The minimum absolute atomic E-state index is 0.156. The average molecular weight is 212 g/mol. The third kappa shape index (κ3) is 1.52. The number of allylic oxidation sites excluding steroid dienone is 1. The fourth-order valence-electron chi connectivity index (χ4n) is 1.94. The first-order valence-electron chi connectivity index (χ1n) is 5.03. The Morgan fingerprint density at radius 1 is 1.50 bits per heavy atom. The second kappa shape index (κ2) is 3.50. The third-order valence-electron chi connectivity index (χ3n) is 2.82. The summed E-state index contributed by atoms with van der Waals surface area (Å²) in [4.78, 5) is 15.0. The van der Waals surface area contributed by atoms with Crippen LogP contribution in [-0.2, 0) is 4.79 Å². The van der Waals surface area contributed by atoms with Crippen LogP contribution in [0.15, 0.2) is 10.7 Å². The van der Waals surface area contributed by atoms with Gasteiger partial charge in [0.25, 0.3) is 0 Å². The van der Waals surface area contributed by atoms with Crippen LogP contribution in [0.25, 0.3) is 0 Å². The number of carbonyl (C=O) groups excluding carboxylic acids is 1. The molecule has 0 aliphatic carbocycles. The highest BCUT2D eigenvalue weighted by molar-refractivity contribution is 8.03. The van der Waals surface area contributed by atoms with Crippen LogP contribution in [0.3, 0.4) is 0 Å². The molecule has 2 heterocycles. The van der Waals surface area contributed by atoms with Crippen LogP contribution in [0.1, 0.15) is 26.7 Å². The van der Waals surface area contributed by atoms with Gasteiger partial charge in [0.15, 0.2) is 0 Å². The standard InChI is InChI=1S/C10H16N2OS/c1-6-4-5-8-9(11-7(2)14-8)12(3)10(6)13/h6-7,11H,4-5H2,1-3H3. The molecule has 1 N–H and O–H groups in total. The quantitative estimate of drug-likeness (QED) is 0.663. The van der Waals surface area contributed by atoms with Crippen molar-refractivity contribution in [1.29, 1.82) is 0 Å². The van der Waals surface area contributed by atoms with E-state index in [1.165, 1.54) is 4.91 Å². The van der Waals surface area contributed by atoms with Crippen LogP contribution < -0.4 is 5.32 Å². The zero-order valence-electron chi connectivity index (χ0n) is 8.83. The summed E-state index contributed by atoms with van der Waals surface area (Å²) in [5, 5.41) is 3.75. The summed E-state index contributed by atoms with van der Waals surface area (Å²) in [6.45, 7) is 4.14. The van der Waals surface area contributed by atoms with E-state index in [2.05, 4.69) is 12.2 Å². The number of carbonyl (C=O) groups is 1. The fourth-order valence-corrected chi connectivity index (χ4v) is 3.09. The first kappa shape index (κ1) is 9.90. The highest BCUT2D eigenvalue weighted by atomic mass is 32.2. The van der Waals surface area contributed by atoms with Crippen molar-refractivity contribution >= 4 is 17.7 Å². The molecule has 0 fully saturated rings. The molecule has 2 aliphatic heterocycles. The van der Waals surface area contributed by atoms with E-state index < -0.39 is 0 Å². The van der Waals surface area contributed by atoms with Gasteiger partial charge in [0, 0.05) is 17.9 Å². The minimum atomic E-state index is 0.156. The first-order chi connectivity index (χ1) is 6.59. The Balaban J connectivity index is 2.26. The molecule has 2 aliphatic rings. The van der Waals surface area contributed by atoms with Crippen molar-refractivity contribution < 1.29 is 4.79 Å². The molecule has 0 spiro atoms. The molecule has 2 rings (SSSR count). The Hall–Kier alpha value is -0.640. The van der Waals surface area contributed by atoms with Gasteiger partial charge in [-0.2, -0.15) is 0 Å². The maximum absolute atomic E-state index is 11.8. The van der Waals surface area contributed by atoms with Crippen LogP contribution in [0.4, 0.5) is 0 Å². The lowest BCUT2D eigenvalue weighted by atomic mass is 10.1. The summed E-state index contributed by atoms with van der Waals surface area (Å²) in [5.41, 5.74) is 0. The van der Waals surface area contributed by atoms with Gasteiger partial charge < -0.3 is 10.2 Å². The van der Waals surface area contributed by atoms with Crippen LogP contribution in [0.2, 0.25) is 0 Å². The molecule has 2 atom stereocenters. The van der Waals surface area contributed by atoms with E-state index in [1.54, 1.807) is 4.90 Å². The van der Waals surface area contributed by atoms with Crippen LogP contribution in [-0.4, -0.2) is 23.2 Å². The molecule has 2 unspecified atom stereocenters. The molecule has 0 radical (unpaired) electrons. The fraction of sp³-hybridized carbons (Fsp3) is 0.700. The predicted octanol–water partition coefficient (Wildman–Crippen LogP) is 1.73. The number of hydrogen-bond donors (Lipinski definition) is 1. The number of rotatable bonds is 0. The number of nitrogens with zero attached hydrogens (tertiary/aromatic N) is 1. The normalized spacial score (nSPS) is 32.8. The monoisotopic (exact) mass is 212 g/mol. The molecule has 0 bridgehead atoms. The maximum Gasteiger partial charge on any atom is 0.230 e. The Labute approximate surface area is 88.9 Å². The van der Waals surface area contributed by atoms with Gasteiger partial charge in [-0.3, -0.25) is 4.79 Å². The number of nitrogens with one attached hydrogen (secondary N) is 1.